The molecule has 2 heterocycles. The first-order valence-corrected chi connectivity index (χ1v) is 8.45. The zero-order valence-corrected chi connectivity index (χ0v) is 14.8. The highest BCUT2D eigenvalue weighted by Crippen LogP contribution is 2.23. The van der Waals surface area contributed by atoms with E-state index in [0.29, 0.717) is 0 Å². The van der Waals surface area contributed by atoms with E-state index in [9.17, 15) is 4.55 Å². The summed E-state index contributed by atoms with van der Waals surface area (Å²) in [6, 6.07) is 1.97. The molecule has 2 unspecified atom stereocenters. The molecule has 110 valence electrons. The maximum Gasteiger partial charge on any atom is 0.151 e. The van der Waals surface area contributed by atoms with Crippen LogP contribution in [0.25, 0.3) is 5.65 Å². The average Bonchev–Trinajstić information content (AvgIpc) is 2.71. The van der Waals surface area contributed by atoms with Gasteiger partial charge in [-0.1, -0.05) is 0 Å². The van der Waals surface area contributed by atoms with Crippen LogP contribution in [0.1, 0.15) is 45.0 Å². The van der Waals surface area contributed by atoms with E-state index in [1.165, 1.54) is 0 Å². The number of rotatable bonds is 3. The maximum atomic E-state index is 12.1. The summed E-state index contributed by atoms with van der Waals surface area (Å²) in [4.78, 5) is 4.61. The van der Waals surface area contributed by atoms with Crippen LogP contribution in [0.2, 0.25) is 0 Å². The molecule has 2 rings (SSSR count). The Labute approximate surface area is 131 Å². The van der Waals surface area contributed by atoms with Crippen LogP contribution >= 0.6 is 15.9 Å². The molecule has 2 aromatic rings. The Kier molecular flexibility index (Phi) is 4.49. The molecule has 0 radical (unpaired) electrons. The van der Waals surface area contributed by atoms with Crippen LogP contribution < -0.4 is 4.72 Å². The third-order valence-electron chi connectivity index (χ3n) is 2.95. The number of nitrogens with one attached hydrogen (secondary N) is 1. The highest BCUT2D eigenvalue weighted by molar-refractivity contribution is 9.10. The number of hydrogen-bond donors (Lipinski definition) is 1. The highest BCUT2D eigenvalue weighted by atomic mass is 79.9. The second-order valence-corrected chi connectivity index (χ2v) is 8.83. The van der Waals surface area contributed by atoms with Gasteiger partial charge in [0.05, 0.1) is 16.2 Å². The van der Waals surface area contributed by atoms with Gasteiger partial charge in [0.25, 0.3) is 0 Å². The molecule has 2 atom stereocenters. The van der Waals surface area contributed by atoms with Crippen molar-refractivity contribution in [2.75, 3.05) is 0 Å². The van der Waals surface area contributed by atoms with Crippen LogP contribution in [-0.2, 0) is 11.4 Å². The summed E-state index contributed by atoms with van der Waals surface area (Å²) in [6.45, 7) is 9.87. The minimum atomic E-state index is -1.11. The molecule has 0 aliphatic carbocycles. The number of aryl methyl sites for hydroxylation is 1. The minimum Gasteiger partial charge on any atom is -0.598 e. The van der Waals surface area contributed by atoms with Crippen molar-refractivity contribution in [3.63, 3.8) is 0 Å². The van der Waals surface area contributed by atoms with E-state index < -0.39 is 11.4 Å². The monoisotopic (exact) mass is 357 g/mol. The highest BCUT2D eigenvalue weighted by Gasteiger charge is 2.29. The van der Waals surface area contributed by atoms with Crippen molar-refractivity contribution in [2.45, 2.75) is 45.4 Å². The normalized spacial score (nSPS) is 15.6. The van der Waals surface area contributed by atoms with Crippen molar-refractivity contribution in [1.29, 1.82) is 0 Å². The zero-order chi connectivity index (χ0) is 15.1. The van der Waals surface area contributed by atoms with Crippen LogP contribution in [-0.4, -0.2) is 18.7 Å². The fourth-order valence-corrected chi connectivity index (χ4v) is 3.27. The third kappa shape index (κ3) is 3.36. The number of aromatic nitrogens is 2. The van der Waals surface area contributed by atoms with Gasteiger partial charge in [-0.15, -0.1) is 4.72 Å². The molecule has 0 amide bonds. The summed E-state index contributed by atoms with van der Waals surface area (Å²) in [7, 11) is 0. The van der Waals surface area contributed by atoms with Crippen molar-refractivity contribution in [2.24, 2.45) is 0 Å². The van der Waals surface area contributed by atoms with Gasteiger partial charge in [-0.3, -0.25) is 0 Å². The number of pyridine rings is 1. The number of hydrogen-bond acceptors (Lipinski definition) is 3. The smallest absolute Gasteiger partial charge is 0.151 e. The van der Waals surface area contributed by atoms with Gasteiger partial charge in [0.1, 0.15) is 4.75 Å². The fraction of sp³-hybridized carbons (Fsp3) is 0.500. The molecule has 1 N–H and O–H groups in total. The Morgan fingerprint density at radius 1 is 1.40 bits per heavy atom. The fourth-order valence-electron chi connectivity index (χ4n) is 1.82. The predicted octanol–water partition coefficient (Wildman–Crippen LogP) is 3.52. The summed E-state index contributed by atoms with van der Waals surface area (Å²) >= 11 is 2.42. The Morgan fingerprint density at radius 3 is 2.65 bits per heavy atom. The second-order valence-electron chi connectivity index (χ2n) is 5.98. The van der Waals surface area contributed by atoms with Gasteiger partial charge in [0.2, 0.25) is 0 Å². The van der Waals surface area contributed by atoms with Gasteiger partial charge in [0.15, 0.2) is 5.65 Å². The lowest BCUT2D eigenvalue weighted by Gasteiger charge is -2.25. The standard InChI is InChI=1S/C14H20BrN3OS/c1-9-6-11(15)13-16-12(8-18(13)7-9)10(2)17-20(19)14(3,4)5/h6-8,10,17H,1-5H3. The lowest BCUT2D eigenvalue weighted by molar-refractivity contribution is 0.529. The zero-order valence-electron chi connectivity index (χ0n) is 12.4. The van der Waals surface area contributed by atoms with E-state index in [1.807, 2.05) is 57.5 Å². The molecule has 0 bridgehead atoms. The summed E-state index contributed by atoms with van der Waals surface area (Å²) < 4.78 is 17.9. The first-order valence-electron chi connectivity index (χ1n) is 6.51. The summed E-state index contributed by atoms with van der Waals surface area (Å²) in [5, 5.41) is 0. The number of fused-ring (bicyclic) bond motifs is 1. The molecule has 0 spiro atoms. The van der Waals surface area contributed by atoms with Gasteiger partial charge in [-0.25, -0.2) is 4.98 Å². The summed E-state index contributed by atoms with van der Waals surface area (Å²) in [6.07, 6.45) is 4.01. The topological polar surface area (TPSA) is 52.4 Å². The van der Waals surface area contributed by atoms with Gasteiger partial charge in [-0.05, 0) is 62.2 Å². The van der Waals surface area contributed by atoms with Crippen LogP contribution in [0.15, 0.2) is 22.9 Å². The first kappa shape index (κ1) is 15.8. The predicted molar refractivity (Wildman–Crippen MR) is 87.1 cm³/mol. The second kappa shape index (κ2) is 5.67. The van der Waals surface area contributed by atoms with E-state index in [4.69, 9.17) is 0 Å². The van der Waals surface area contributed by atoms with Crippen molar-refractivity contribution in [3.05, 3.63) is 34.2 Å². The Hall–Kier alpha value is -0.560. The molecule has 2 aromatic heterocycles. The lowest BCUT2D eigenvalue weighted by atomic mass is 10.3. The van der Waals surface area contributed by atoms with Crippen LogP contribution in [0.4, 0.5) is 0 Å². The van der Waals surface area contributed by atoms with Gasteiger partial charge in [0, 0.05) is 23.8 Å². The maximum absolute atomic E-state index is 12.1. The van der Waals surface area contributed by atoms with E-state index in [0.717, 1.165) is 21.4 Å². The minimum absolute atomic E-state index is 0.0674. The molecule has 6 heteroatoms. The van der Waals surface area contributed by atoms with Crippen LogP contribution in [0, 0.1) is 6.92 Å². The Morgan fingerprint density at radius 2 is 2.05 bits per heavy atom. The van der Waals surface area contributed by atoms with Crippen LogP contribution in [0.3, 0.4) is 0 Å². The number of halogens is 1. The molecule has 20 heavy (non-hydrogen) atoms. The van der Waals surface area contributed by atoms with Crippen LogP contribution in [0.5, 0.6) is 0 Å². The number of imidazole rings is 1. The van der Waals surface area contributed by atoms with Gasteiger partial charge < -0.3 is 8.95 Å². The molecule has 4 nitrogen and oxygen atoms in total. The molecular formula is C14H20BrN3OS. The molecule has 0 aromatic carbocycles. The van der Waals surface area contributed by atoms with E-state index in [2.05, 4.69) is 25.6 Å². The Bertz CT molecular complexity index is 621. The average molecular weight is 358 g/mol. The quantitative estimate of drug-likeness (QED) is 0.855. The molecule has 0 aliphatic rings. The van der Waals surface area contributed by atoms with E-state index in [1.54, 1.807) is 0 Å². The molecule has 0 saturated carbocycles. The van der Waals surface area contributed by atoms with Crippen molar-refractivity contribution in [3.8, 4) is 0 Å². The van der Waals surface area contributed by atoms with Crippen molar-refractivity contribution >= 4 is 32.9 Å². The van der Waals surface area contributed by atoms with Crippen molar-refractivity contribution < 1.29 is 4.55 Å². The van der Waals surface area contributed by atoms with E-state index in [-0.39, 0.29) is 10.8 Å². The summed E-state index contributed by atoms with van der Waals surface area (Å²) in [5.41, 5.74) is 2.92. The third-order valence-corrected chi connectivity index (χ3v) is 5.21. The van der Waals surface area contributed by atoms with Crippen molar-refractivity contribution in [1.82, 2.24) is 14.1 Å². The molecule has 0 fully saturated rings. The molecule has 0 aliphatic heterocycles. The SMILES string of the molecule is Cc1cc(Br)c2nc(C(C)N[S+]([O-])C(C)(C)C)cn2c1. The summed E-state index contributed by atoms with van der Waals surface area (Å²) in [5.74, 6) is 0. The number of nitrogens with zero attached hydrogens (tertiary/aromatic N) is 2. The first-order chi connectivity index (χ1) is 9.18. The molecular weight excluding hydrogens is 338 g/mol. The van der Waals surface area contributed by atoms with Gasteiger partial charge in [-0.2, -0.15) is 0 Å². The Balaban J connectivity index is 2.27. The largest absolute Gasteiger partial charge is 0.598 e. The lowest BCUT2D eigenvalue weighted by Crippen LogP contribution is -2.40. The van der Waals surface area contributed by atoms with E-state index >= 15 is 0 Å². The molecule has 0 saturated heterocycles. The van der Waals surface area contributed by atoms with Gasteiger partial charge >= 0.3 is 0 Å².